The van der Waals surface area contributed by atoms with Gasteiger partial charge in [0, 0.05) is 12.2 Å². The molecule has 1 aromatic heterocycles. The summed E-state index contributed by atoms with van der Waals surface area (Å²) in [7, 11) is 1.58. The maximum absolute atomic E-state index is 13.2. The Balaban J connectivity index is 1.50. The standard InChI is InChI=1S/C25H25N5O3/c1-18-7-9-19(10-8-18)15-29(16-24(31)26-20-11-13-21(33-2)14-12-20)25(32)17-30-23-6-4-3-5-22(23)27-28-30/h3-14H,15-17H2,1-2H3,(H,26,31). The minimum absolute atomic E-state index is 0.0117. The maximum atomic E-state index is 13.2. The number of hydrogen-bond donors (Lipinski definition) is 1. The van der Waals surface area contributed by atoms with Gasteiger partial charge in [-0.25, -0.2) is 4.68 Å². The van der Waals surface area contributed by atoms with Crippen LogP contribution in [0.2, 0.25) is 0 Å². The first kappa shape index (κ1) is 22.0. The molecule has 8 nitrogen and oxygen atoms in total. The Bertz CT molecular complexity index is 1250. The third-order valence-corrected chi connectivity index (χ3v) is 5.26. The molecule has 2 amide bonds. The smallest absolute Gasteiger partial charge is 0.245 e. The van der Waals surface area contributed by atoms with E-state index in [1.807, 2.05) is 55.5 Å². The molecule has 8 heteroatoms. The molecular weight excluding hydrogens is 418 g/mol. The Morgan fingerprint density at radius 3 is 2.45 bits per heavy atom. The molecule has 4 rings (SSSR count). The van der Waals surface area contributed by atoms with Gasteiger partial charge < -0.3 is 15.0 Å². The molecule has 0 saturated carbocycles. The molecule has 0 saturated heterocycles. The van der Waals surface area contributed by atoms with E-state index < -0.39 is 0 Å². The fraction of sp³-hybridized carbons (Fsp3) is 0.200. The molecule has 0 aliphatic carbocycles. The zero-order chi connectivity index (χ0) is 23.2. The maximum Gasteiger partial charge on any atom is 0.245 e. The first-order chi connectivity index (χ1) is 16.0. The summed E-state index contributed by atoms with van der Waals surface area (Å²) >= 11 is 0. The lowest BCUT2D eigenvalue weighted by Crippen LogP contribution is -2.39. The van der Waals surface area contributed by atoms with Gasteiger partial charge in [0.1, 0.15) is 24.4 Å². The van der Waals surface area contributed by atoms with Crippen LogP contribution in [0, 0.1) is 6.92 Å². The number of carbonyl (C=O) groups is 2. The number of aryl methyl sites for hydroxylation is 1. The summed E-state index contributed by atoms with van der Waals surface area (Å²) < 4.78 is 6.70. The Labute approximate surface area is 191 Å². The molecule has 33 heavy (non-hydrogen) atoms. The SMILES string of the molecule is COc1ccc(NC(=O)CN(Cc2ccc(C)cc2)C(=O)Cn2nnc3ccccc32)cc1. The molecule has 3 aromatic carbocycles. The quantitative estimate of drug-likeness (QED) is 0.451. The van der Waals surface area contributed by atoms with E-state index in [1.54, 1.807) is 36.1 Å². The summed E-state index contributed by atoms with van der Waals surface area (Å²) in [6.07, 6.45) is 0. The van der Waals surface area contributed by atoms with Gasteiger partial charge in [-0.3, -0.25) is 9.59 Å². The third-order valence-electron chi connectivity index (χ3n) is 5.26. The highest BCUT2D eigenvalue weighted by atomic mass is 16.5. The molecule has 1 N–H and O–H groups in total. The van der Waals surface area contributed by atoms with E-state index >= 15 is 0 Å². The summed E-state index contributed by atoms with van der Waals surface area (Å²) in [5.41, 5.74) is 4.18. The molecule has 168 valence electrons. The zero-order valence-corrected chi connectivity index (χ0v) is 18.6. The van der Waals surface area contributed by atoms with E-state index in [1.165, 1.54) is 4.90 Å². The number of para-hydroxylation sites is 1. The van der Waals surface area contributed by atoms with Crippen LogP contribution in [0.4, 0.5) is 5.69 Å². The van der Waals surface area contributed by atoms with Gasteiger partial charge in [-0.2, -0.15) is 0 Å². The lowest BCUT2D eigenvalue weighted by molar-refractivity contribution is -0.136. The van der Waals surface area contributed by atoms with Crippen LogP contribution in [0.15, 0.2) is 72.8 Å². The van der Waals surface area contributed by atoms with Crippen molar-refractivity contribution in [3.05, 3.63) is 83.9 Å². The van der Waals surface area contributed by atoms with Gasteiger partial charge in [-0.1, -0.05) is 47.2 Å². The minimum atomic E-state index is -0.288. The predicted molar refractivity (Wildman–Crippen MR) is 126 cm³/mol. The number of amides is 2. The molecule has 4 aromatic rings. The largest absolute Gasteiger partial charge is 0.497 e. The number of carbonyl (C=O) groups excluding carboxylic acids is 2. The van der Waals surface area contributed by atoms with Crippen LogP contribution in [-0.2, 0) is 22.7 Å². The van der Waals surface area contributed by atoms with Crippen molar-refractivity contribution in [3.63, 3.8) is 0 Å². The normalized spacial score (nSPS) is 10.7. The number of anilines is 1. The highest BCUT2D eigenvalue weighted by Crippen LogP contribution is 2.16. The van der Waals surface area contributed by atoms with Crippen LogP contribution in [0.1, 0.15) is 11.1 Å². The average molecular weight is 444 g/mol. The molecule has 0 unspecified atom stereocenters. The Morgan fingerprint density at radius 2 is 1.73 bits per heavy atom. The molecule has 0 fully saturated rings. The summed E-state index contributed by atoms with van der Waals surface area (Å²) in [5.74, 6) is 0.185. The van der Waals surface area contributed by atoms with Gasteiger partial charge in [0.2, 0.25) is 11.8 Å². The topological polar surface area (TPSA) is 89.4 Å². The molecule has 0 bridgehead atoms. The molecule has 1 heterocycles. The zero-order valence-electron chi connectivity index (χ0n) is 18.6. The Hall–Kier alpha value is -4.20. The van der Waals surface area contributed by atoms with E-state index in [-0.39, 0.29) is 24.9 Å². The van der Waals surface area contributed by atoms with Crippen molar-refractivity contribution in [3.8, 4) is 5.75 Å². The second-order valence-corrected chi connectivity index (χ2v) is 7.75. The molecule has 0 spiro atoms. The molecule has 0 aliphatic rings. The highest BCUT2D eigenvalue weighted by molar-refractivity contribution is 5.94. The molecule has 0 radical (unpaired) electrons. The van der Waals surface area contributed by atoms with Crippen molar-refractivity contribution in [2.24, 2.45) is 0 Å². The first-order valence-corrected chi connectivity index (χ1v) is 10.6. The third kappa shape index (κ3) is 5.54. The first-order valence-electron chi connectivity index (χ1n) is 10.6. The summed E-state index contributed by atoms with van der Waals surface area (Å²) in [6.45, 7) is 2.21. The lowest BCUT2D eigenvalue weighted by Gasteiger charge is -2.22. The fourth-order valence-electron chi connectivity index (χ4n) is 3.46. The lowest BCUT2D eigenvalue weighted by atomic mass is 10.1. The monoisotopic (exact) mass is 443 g/mol. The Morgan fingerprint density at radius 1 is 1.00 bits per heavy atom. The van der Waals surface area contributed by atoms with E-state index in [0.717, 1.165) is 16.6 Å². The van der Waals surface area contributed by atoms with Crippen molar-refractivity contribution in [1.82, 2.24) is 19.9 Å². The number of hydrogen-bond acceptors (Lipinski definition) is 5. The molecule has 0 aliphatic heterocycles. The van der Waals surface area contributed by atoms with Crippen molar-refractivity contribution in [1.29, 1.82) is 0 Å². The van der Waals surface area contributed by atoms with Gasteiger partial charge in [0.05, 0.1) is 12.6 Å². The number of aromatic nitrogens is 3. The number of benzene rings is 3. The number of methoxy groups -OCH3 is 1. The van der Waals surface area contributed by atoms with E-state index in [2.05, 4.69) is 15.6 Å². The van der Waals surface area contributed by atoms with Crippen LogP contribution < -0.4 is 10.1 Å². The molecule has 0 atom stereocenters. The van der Waals surface area contributed by atoms with Gasteiger partial charge in [-0.05, 0) is 48.9 Å². The number of fused-ring (bicyclic) bond motifs is 1. The van der Waals surface area contributed by atoms with Crippen molar-refractivity contribution in [2.45, 2.75) is 20.0 Å². The van der Waals surface area contributed by atoms with Crippen LogP contribution in [0.25, 0.3) is 11.0 Å². The van der Waals surface area contributed by atoms with Crippen LogP contribution in [-0.4, -0.2) is 45.4 Å². The van der Waals surface area contributed by atoms with Crippen LogP contribution in [0.3, 0.4) is 0 Å². The second-order valence-electron chi connectivity index (χ2n) is 7.75. The summed E-state index contributed by atoms with van der Waals surface area (Å²) in [4.78, 5) is 27.5. The number of nitrogens with zero attached hydrogens (tertiary/aromatic N) is 4. The van der Waals surface area contributed by atoms with Crippen molar-refractivity contribution < 1.29 is 14.3 Å². The van der Waals surface area contributed by atoms with Gasteiger partial charge in [0.25, 0.3) is 0 Å². The molecular formula is C25H25N5O3. The fourth-order valence-corrected chi connectivity index (χ4v) is 3.46. The number of nitrogens with one attached hydrogen (secondary N) is 1. The number of rotatable bonds is 8. The summed E-state index contributed by atoms with van der Waals surface area (Å²) in [5, 5.41) is 11.1. The minimum Gasteiger partial charge on any atom is -0.497 e. The second kappa shape index (κ2) is 9.95. The predicted octanol–water partition coefficient (Wildman–Crippen LogP) is 3.42. The summed E-state index contributed by atoms with van der Waals surface area (Å²) in [6, 6.07) is 22.4. The number of ether oxygens (including phenoxy) is 1. The Kier molecular flexibility index (Phi) is 6.64. The average Bonchev–Trinajstić information content (AvgIpc) is 3.23. The van der Waals surface area contributed by atoms with Gasteiger partial charge >= 0.3 is 0 Å². The van der Waals surface area contributed by atoms with Crippen molar-refractivity contribution in [2.75, 3.05) is 19.0 Å². The van der Waals surface area contributed by atoms with Crippen LogP contribution in [0.5, 0.6) is 5.75 Å². The van der Waals surface area contributed by atoms with Crippen molar-refractivity contribution >= 4 is 28.5 Å². The van der Waals surface area contributed by atoms with Gasteiger partial charge in [0.15, 0.2) is 0 Å². The van der Waals surface area contributed by atoms with Gasteiger partial charge in [-0.15, -0.1) is 5.10 Å². The van der Waals surface area contributed by atoms with E-state index in [0.29, 0.717) is 23.5 Å². The highest BCUT2D eigenvalue weighted by Gasteiger charge is 2.20. The van der Waals surface area contributed by atoms with Crippen LogP contribution >= 0.6 is 0 Å². The van der Waals surface area contributed by atoms with E-state index in [9.17, 15) is 9.59 Å². The van der Waals surface area contributed by atoms with E-state index in [4.69, 9.17) is 4.74 Å².